The average Bonchev–Trinajstić information content (AvgIpc) is 2.43. The third-order valence-electron chi connectivity index (χ3n) is 2.91. The lowest BCUT2D eigenvalue weighted by atomic mass is 10.0. The number of hydrogen-bond acceptors (Lipinski definition) is 2. The summed E-state index contributed by atoms with van der Waals surface area (Å²) in [6.45, 7) is 1.27. The van der Waals surface area contributed by atoms with Crippen LogP contribution in [0.5, 0.6) is 0 Å². The first-order valence-electron chi connectivity index (χ1n) is 6.18. The molecule has 0 aliphatic rings. The van der Waals surface area contributed by atoms with Crippen LogP contribution in [0.1, 0.15) is 16.8 Å². The van der Waals surface area contributed by atoms with Gasteiger partial charge in [0.1, 0.15) is 0 Å². The van der Waals surface area contributed by atoms with Crippen molar-refractivity contribution in [1.29, 1.82) is 0 Å². The summed E-state index contributed by atoms with van der Waals surface area (Å²) < 4.78 is 5.90. The third-order valence-corrected chi connectivity index (χ3v) is 3.57. The Bertz CT molecular complexity index is 578. The van der Waals surface area contributed by atoms with Crippen molar-refractivity contribution in [3.05, 3.63) is 46.4 Å². The summed E-state index contributed by atoms with van der Waals surface area (Å²) in [5, 5.41) is 4.92. The van der Waals surface area contributed by atoms with Crippen molar-refractivity contribution in [2.24, 2.45) is 0 Å². The summed E-state index contributed by atoms with van der Waals surface area (Å²) in [6.07, 6.45) is 0.814. The first-order valence-corrected chi connectivity index (χ1v) is 6.97. The van der Waals surface area contributed by atoms with Crippen LogP contribution in [-0.2, 0) is 4.74 Å². The molecule has 2 aromatic carbocycles. The van der Waals surface area contributed by atoms with E-state index in [1.54, 1.807) is 7.11 Å². The third kappa shape index (κ3) is 3.33. The molecule has 0 atom stereocenters. The van der Waals surface area contributed by atoms with Crippen molar-refractivity contribution in [3.63, 3.8) is 0 Å². The first-order chi connectivity index (χ1) is 9.24. The minimum Gasteiger partial charge on any atom is -0.385 e. The highest BCUT2D eigenvalue weighted by molar-refractivity contribution is 9.10. The molecule has 0 fully saturated rings. The molecule has 1 amide bonds. The Kier molecular flexibility index (Phi) is 4.93. The fraction of sp³-hybridized carbons (Fsp3) is 0.267. The highest BCUT2D eigenvalue weighted by Crippen LogP contribution is 2.27. The Hall–Kier alpha value is -1.39. The van der Waals surface area contributed by atoms with Gasteiger partial charge in [-0.2, -0.15) is 0 Å². The number of nitrogens with one attached hydrogen (secondary N) is 1. The zero-order valence-corrected chi connectivity index (χ0v) is 12.4. The maximum Gasteiger partial charge on any atom is 0.251 e. The number of methoxy groups -OCH3 is 1. The summed E-state index contributed by atoms with van der Waals surface area (Å²) in [7, 11) is 1.66. The van der Waals surface area contributed by atoms with E-state index in [-0.39, 0.29) is 5.91 Å². The number of rotatable bonds is 5. The van der Waals surface area contributed by atoms with Crippen molar-refractivity contribution < 1.29 is 9.53 Å². The van der Waals surface area contributed by atoms with Crippen LogP contribution in [0.25, 0.3) is 10.8 Å². The maximum absolute atomic E-state index is 12.2. The molecule has 0 aliphatic carbocycles. The second-order valence-electron chi connectivity index (χ2n) is 4.25. The lowest BCUT2D eigenvalue weighted by molar-refractivity contribution is 0.0950. The average molecular weight is 322 g/mol. The predicted octanol–water partition coefficient (Wildman–Crippen LogP) is 3.37. The molecule has 0 unspecified atom stereocenters. The van der Waals surface area contributed by atoms with E-state index in [1.165, 1.54) is 0 Å². The van der Waals surface area contributed by atoms with Crippen molar-refractivity contribution in [1.82, 2.24) is 5.32 Å². The van der Waals surface area contributed by atoms with Crippen molar-refractivity contribution in [3.8, 4) is 0 Å². The second-order valence-corrected chi connectivity index (χ2v) is 5.10. The summed E-state index contributed by atoms with van der Waals surface area (Å²) in [5.74, 6) is -0.0476. The lowest BCUT2D eigenvalue weighted by Crippen LogP contribution is -2.25. The molecule has 19 heavy (non-hydrogen) atoms. The van der Waals surface area contributed by atoms with E-state index >= 15 is 0 Å². The summed E-state index contributed by atoms with van der Waals surface area (Å²) in [6, 6.07) is 11.7. The molecule has 0 radical (unpaired) electrons. The van der Waals surface area contributed by atoms with Gasteiger partial charge in [-0.1, -0.05) is 40.2 Å². The number of fused-ring (bicyclic) bond motifs is 1. The summed E-state index contributed by atoms with van der Waals surface area (Å²) in [5.41, 5.74) is 0.697. The quantitative estimate of drug-likeness (QED) is 0.857. The van der Waals surface area contributed by atoms with E-state index < -0.39 is 0 Å². The van der Waals surface area contributed by atoms with Crippen molar-refractivity contribution in [2.75, 3.05) is 20.3 Å². The maximum atomic E-state index is 12.2. The normalized spacial score (nSPS) is 10.6. The number of carbonyl (C=O) groups is 1. The number of halogens is 1. The fourth-order valence-corrected chi connectivity index (χ4v) is 2.59. The molecule has 4 heteroatoms. The van der Waals surface area contributed by atoms with E-state index in [1.807, 2.05) is 36.4 Å². The van der Waals surface area contributed by atoms with Crippen LogP contribution < -0.4 is 5.32 Å². The van der Waals surface area contributed by atoms with Crippen molar-refractivity contribution in [2.45, 2.75) is 6.42 Å². The van der Waals surface area contributed by atoms with Gasteiger partial charge in [0, 0.05) is 35.7 Å². The van der Waals surface area contributed by atoms with Crippen LogP contribution in [-0.4, -0.2) is 26.2 Å². The molecule has 0 saturated heterocycles. The predicted molar refractivity (Wildman–Crippen MR) is 80.5 cm³/mol. The number of hydrogen-bond donors (Lipinski definition) is 1. The number of ether oxygens (including phenoxy) is 1. The van der Waals surface area contributed by atoms with Gasteiger partial charge in [-0.25, -0.2) is 0 Å². The lowest BCUT2D eigenvalue weighted by Gasteiger charge is -2.09. The van der Waals surface area contributed by atoms with Crippen molar-refractivity contribution >= 4 is 32.6 Å². The summed E-state index contributed by atoms with van der Waals surface area (Å²) >= 11 is 3.51. The van der Waals surface area contributed by atoms with Gasteiger partial charge in [0.05, 0.1) is 0 Å². The molecule has 3 nitrogen and oxygen atoms in total. The zero-order valence-electron chi connectivity index (χ0n) is 10.8. The van der Waals surface area contributed by atoms with E-state index in [0.717, 1.165) is 21.7 Å². The Morgan fingerprint density at radius 2 is 2.00 bits per heavy atom. The highest BCUT2D eigenvalue weighted by Gasteiger charge is 2.11. The first kappa shape index (κ1) is 14.0. The number of carbonyl (C=O) groups excluding carboxylic acids is 1. The largest absolute Gasteiger partial charge is 0.385 e. The van der Waals surface area contributed by atoms with E-state index in [2.05, 4.69) is 21.2 Å². The van der Waals surface area contributed by atoms with Gasteiger partial charge >= 0.3 is 0 Å². The Morgan fingerprint density at radius 3 is 2.74 bits per heavy atom. The highest BCUT2D eigenvalue weighted by atomic mass is 79.9. The number of amides is 1. The van der Waals surface area contributed by atoms with Gasteiger partial charge in [-0.15, -0.1) is 0 Å². The molecule has 0 aliphatic heterocycles. The molecule has 1 N–H and O–H groups in total. The van der Waals surface area contributed by atoms with Gasteiger partial charge < -0.3 is 10.1 Å². The van der Waals surface area contributed by atoms with Gasteiger partial charge in [-0.05, 0) is 23.9 Å². The molecule has 100 valence electrons. The van der Waals surface area contributed by atoms with Gasteiger partial charge in [0.15, 0.2) is 0 Å². The Balaban J connectivity index is 2.22. The van der Waals surface area contributed by atoms with Crippen LogP contribution in [0.3, 0.4) is 0 Å². The van der Waals surface area contributed by atoms with E-state index in [0.29, 0.717) is 18.7 Å². The molecule has 2 aromatic rings. The molecule has 0 aromatic heterocycles. The Morgan fingerprint density at radius 1 is 1.26 bits per heavy atom. The van der Waals surface area contributed by atoms with Gasteiger partial charge in [0.25, 0.3) is 5.91 Å². The minimum absolute atomic E-state index is 0.0476. The van der Waals surface area contributed by atoms with Crippen LogP contribution in [0, 0.1) is 0 Å². The minimum atomic E-state index is -0.0476. The van der Waals surface area contributed by atoms with E-state index in [4.69, 9.17) is 4.74 Å². The molecular weight excluding hydrogens is 306 g/mol. The molecule has 0 heterocycles. The second kappa shape index (κ2) is 6.68. The summed E-state index contributed by atoms with van der Waals surface area (Å²) in [4.78, 5) is 12.2. The molecule has 0 spiro atoms. The van der Waals surface area contributed by atoms with E-state index in [9.17, 15) is 4.79 Å². The van der Waals surface area contributed by atoms with Crippen LogP contribution in [0.15, 0.2) is 40.9 Å². The standard InChI is InChI=1S/C15H16BrNO2/c1-19-10-4-9-17-15(18)12-7-2-5-11-6-3-8-13(16)14(11)12/h2-3,5-8H,4,9-10H2,1H3,(H,17,18). The topological polar surface area (TPSA) is 38.3 Å². The van der Waals surface area contributed by atoms with Crippen LogP contribution in [0.4, 0.5) is 0 Å². The monoisotopic (exact) mass is 321 g/mol. The molecular formula is C15H16BrNO2. The van der Waals surface area contributed by atoms with Gasteiger partial charge in [0.2, 0.25) is 0 Å². The fourth-order valence-electron chi connectivity index (χ4n) is 2.00. The number of benzene rings is 2. The molecule has 0 saturated carbocycles. The van der Waals surface area contributed by atoms with Gasteiger partial charge in [-0.3, -0.25) is 4.79 Å². The Labute approximate surface area is 121 Å². The van der Waals surface area contributed by atoms with Crippen LogP contribution >= 0.6 is 15.9 Å². The van der Waals surface area contributed by atoms with Crippen LogP contribution in [0.2, 0.25) is 0 Å². The SMILES string of the molecule is COCCCNC(=O)c1cccc2cccc(Br)c12. The smallest absolute Gasteiger partial charge is 0.251 e. The zero-order chi connectivity index (χ0) is 13.7. The molecule has 2 rings (SSSR count). The molecule has 0 bridgehead atoms.